The summed E-state index contributed by atoms with van der Waals surface area (Å²) in [6, 6.07) is 0. The fraction of sp³-hybridized carbons (Fsp3) is 1.00. The molecule has 0 aliphatic rings. The largest absolute Gasteiger partial charge is 0.396 e. The fourth-order valence-corrected chi connectivity index (χ4v) is 0.668. The van der Waals surface area contributed by atoms with Gasteiger partial charge in [-0.1, -0.05) is 6.92 Å². The van der Waals surface area contributed by atoms with Gasteiger partial charge in [0, 0.05) is 12.5 Å². The molecule has 0 radical (unpaired) electrons. The lowest BCUT2D eigenvalue weighted by Crippen LogP contribution is -2.24. The van der Waals surface area contributed by atoms with Gasteiger partial charge in [0.1, 0.15) is 0 Å². The number of hydrogen-bond acceptors (Lipinski definition) is 2. The number of rotatable bonds is 4. The summed E-state index contributed by atoms with van der Waals surface area (Å²) >= 11 is 0. The molecule has 68 valence electrons. The minimum absolute atomic E-state index is 0.0808. The summed E-state index contributed by atoms with van der Waals surface area (Å²) < 4.78 is 5.51. The third-order valence-electron chi connectivity index (χ3n) is 1.59. The predicted octanol–water partition coefficient (Wildman–Crippen LogP) is 1.82. The van der Waals surface area contributed by atoms with E-state index in [9.17, 15) is 0 Å². The van der Waals surface area contributed by atoms with Crippen molar-refractivity contribution >= 4 is 0 Å². The molecule has 0 aromatic heterocycles. The van der Waals surface area contributed by atoms with E-state index in [1.165, 1.54) is 0 Å². The van der Waals surface area contributed by atoms with Crippen LogP contribution in [-0.2, 0) is 4.74 Å². The monoisotopic (exact) mass is 160 g/mol. The smallest absolute Gasteiger partial charge is 0.0598 e. The van der Waals surface area contributed by atoms with Gasteiger partial charge < -0.3 is 9.84 Å². The van der Waals surface area contributed by atoms with Crippen LogP contribution < -0.4 is 0 Å². The number of hydrogen-bond donors (Lipinski definition) is 1. The van der Waals surface area contributed by atoms with Crippen molar-refractivity contribution < 1.29 is 9.84 Å². The van der Waals surface area contributed by atoms with Crippen LogP contribution in [0.2, 0.25) is 0 Å². The van der Waals surface area contributed by atoms with Gasteiger partial charge >= 0.3 is 0 Å². The zero-order chi connectivity index (χ0) is 8.91. The molecule has 0 saturated heterocycles. The van der Waals surface area contributed by atoms with Crippen molar-refractivity contribution in [2.75, 3.05) is 13.2 Å². The molecule has 0 aromatic carbocycles. The Morgan fingerprint density at radius 3 is 2.18 bits per heavy atom. The molecule has 0 amide bonds. The lowest BCUT2D eigenvalue weighted by Gasteiger charge is -2.22. The van der Waals surface area contributed by atoms with Gasteiger partial charge in [-0.05, 0) is 27.2 Å². The van der Waals surface area contributed by atoms with Crippen LogP contribution in [0.15, 0.2) is 0 Å². The number of ether oxygens (including phenoxy) is 1. The van der Waals surface area contributed by atoms with E-state index in [1.54, 1.807) is 0 Å². The van der Waals surface area contributed by atoms with Gasteiger partial charge in [0.2, 0.25) is 0 Å². The van der Waals surface area contributed by atoms with E-state index >= 15 is 0 Å². The van der Waals surface area contributed by atoms with Crippen molar-refractivity contribution in [3.05, 3.63) is 0 Å². The maximum atomic E-state index is 8.84. The zero-order valence-electron chi connectivity index (χ0n) is 8.05. The Balaban J connectivity index is 3.51. The highest BCUT2D eigenvalue weighted by atomic mass is 16.5. The maximum absolute atomic E-state index is 8.84. The molecule has 0 heterocycles. The molecule has 1 N–H and O–H groups in total. The lowest BCUT2D eigenvalue weighted by molar-refractivity contribution is -0.0315. The first kappa shape index (κ1) is 10.9. The highest BCUT2D eigenvalue weighted by Crippen LogP contribution is 2.10. The SMILES string of the molecule is CCC(CO)COC(C)(C)C. The highest BCUT2D eigenvalue weighted by Gasteiger charge is 2.13. The molecule has 1 atom stereocenters. The van der Waals surface area contributed by atoms with Gasteiger partial charge in [-0.3, -0.25) is 0 Å². The molecule has 0 saturated carbocycles. The predicted molar refractivity (Wildman–Crippen MR) is 46.6 cm³/mol. The molecule has 0 aromatic rings. The minimum Gasteiger partial charge on any atom is -0.396 e. The van der Waals surface area contributed by atoms with Crippen molar-refractivity contribution in [3.63, 3.8) is 0 Å². The summed E-state index contributed by atoms with van der Waals surface area (Å²) in [7, 11) is 0. The second-order valence-electron chi connectivity index (χ2n) is 3.88. The zero-order valence-corrected chi connectivity index (χ0v) is 8.05. The van der Waals surface area contributed by atoms with Crippen molar-refractivity contribution in [3.8, 4) is 0 Å². The van der Waals surface area contributed by atoms with Crippen LogP contribution in [0.25, 0.3) is 0 Å². The second kappa shape index (κ2) is 4.73. The Labute approximate surface area is 69.6 Å². The van der Waals surface area contributed by atoms with E-state index in [2.05, 4.69) is 6.92 Å². The van der Waals surface area contributed by atoms with Crippen LogP contribution in [0.1, 0.15) is 34.1 Å². The molecular formula is C9H20O2. The first-order valence-corrected chi connectivity index (χ1v) is 4.24. The van der Waals surface area contributed by atoms with Crippen LogP contribution in [0.5, 0.6) is 0 Å². The molecule has 0 aliphatic heterocycles. The van der Waals surface area contributed by atoms with Gasteiger partial charge in [0.25, 0.3) is 0 Å². The van der Waals surface area contributed by atoms with Gasteiger partial charge in [-0.2, -0.15) is 0 Å². The average Bonchev–Trinajstić information content (AvgIpc) is 1.88. The van der Waals surface area contributed by atoms with Crippen molar-refractivity contribution in [1.82, 2.24) is 0 Å². The van der Waals surface area contributed by atoms with Gasteiger partial charge in [-0.15, -0.1) is 0 Å². The molecule has 1 unspecified atom stereocenters. The normalized spacial score (nSPS) is 15.0. The molecule has 2 heteroatoms. The molecule has 0 rings (SSSR count). The van der Waals surface area contributed by atoms with Crippen molar-refractivity contribution in [2.45, 2.75) is 39.7 Å². The van der Waals surface area contributed by atoms with E-state index in [-0.39, 0.29) is 12.2 Å². The van der Waals surface area contributed by atoms with E-state index < -0.39 is 0 Å². The van der Waals surface area contributed by atoms with E-state index in [0.29, 0.717) is 12.5 Å². The topological polar surface area (TPSA) is 29.5 Å². The Hall–Kier alpha value is -0.0800. The Morgan fingerprint density at radius 2 is 1.91 bits per heavy atom. The summed E-state index contributed by atoms with van der Waals surface area (Å²) in [6.07, 6.45) is 0.979. The molecular weight excluding hydrogens is 140 g/mol. The first-order valence-electron chi connectivity index (χ1n) is 4.24. The summed E-state index contributed by atoms with van der Waals surface area (Å²) in [4.78, 5) is 0. The molecule has 0 fully saturated rings. The van der Waals surface area contributed by atoms with Crippen LogP contribution in [-0.4, -0.2) is 23.9 Å². The molecule has 0 spiro atoms. The van der Waals surface area contributed by atoms with Crippen LogP contribution >= 0.6 is 0 Å². The Morgan fingerprint density at radius 1 is 1.36 bits per heavy atom. The average molecular weight is 160 g/mol. The molecule has 11 heavy (non-hydrogen) atoms. The van der Waals surface area contributed by atoms with Crippen molar-refractivity contribution in [2.24, 2.45) is 5.92 Å². The standard InChI is InChI=1S/C9H20O2/c1-5-8(6-10)7-11-9(2,3)4/h8,10H,5-7H2,1-4H3. The quantitative estimate of drug-likeness (QED) is 0.679. The van der Waals surface area contributed by atoms with E-state index in [0.717, 1.165) is 6.42 Å². The van der Waals surface area contributed by atoms with Gasteiger partial charge in [0.05, 0.1) is 12.2 Å². The highest BCUT2D eigenvalue weighted by molar-refractivity contribution is 4.61. The Kier molecular flexibility index (Phi) is 4.69. The van der Waals surface area contributed by atoms with Crippen molar-refractivity contribution in [1.29, 1.82) is 0 Å². The van der Waals surface area contributed by atoms with Gasteiger partial charge in [0.15, 0.2) is 0 Å². The third kappa shape index (κ3) is 6.32. The third-order valence-corrected chi connectivity index (χ3v) is 1.59. The van der Waals surface area contributed by atoms with Crippen LogP contribution in [0.4, 0.5) is 0 Å². The first-order chi connectivity index (χ1) is 4.99. The lowest BCUT2D eigenvalue weighted by atomic mass is 10.1. The summed E-state index contributed by atoms with van der Waals surface area (Å²) in [5.41, 5.74) is -0.0808. The summed E-state index contributed by atoms with van der Waals surface area (Å²) in [5, 5.41) is 8.84. The summed E-state index contributed by atoms with van der Waals surface area (Å²) in [6.45, 7) is 9.03. The van der Waals surface area contributed by atoms with E-state index in [1.807, 2.05) is 20.8 Å². The fourth-order valence-electron chi connectivity index (χ4n) is 0.668. The van der Waals surface area contributed by atoms with Gasteiger partial charge in [-0.25, -0.2) is 0 Å². The molecule has 0 aliphatic carbocycles. The summed E-state index contributed by atoms with van der Waals surface area (Å²) in [5.74, 6) is 0.300. The second-order valence-corrected chi connectivity index (χ2v) is 3.88. The molecule has 2 nitrogen and oxygen atoms in total. The Bertz CT molecular complexity index is 90.2. The minimum atomic E-state index is -0.0808. The maximum Gasteiger partial charge on any atom is 0.0598 e. The van der Waals surface area contributed by atoms with E-state index in [4.69, 9.17) is 9.84 Å². The number of aliphatic hydroxyl groups excluding tert-OH is 1. The van der Waals surface area contributed by atoms with Crippen LogP contribution in [0, 0.1) is 5.92 Å². The van der Waals surface area contributed by atoms with Crippen LogP contribution in [0.3, 0.4) is 0 Å². The number of aliphatic hydroxyl groups is 1. The molecule has 0 bridgehead atoms.